The third-order valence-corrected chi connectivity index (χ3v) is 7.76. The first-order chi connectivity index (χ1) is 17.0. The smallest absolute Gasteiger partial charge is 0.260 e. The number of aryl methyl sites for hydroxylation is 1. The van der Waals surface area contributed by atoms with Crippen LogP contribution in [0.2, 0.25) is 0 Å². The van der Waals surface area contributed by atoms with Crippen LogP contribution in [0.25, 0.3) is 11.5 Å². The van der Waals surface area contributed by atoms with Crippen LogP contribution in [0.4, 0.5) is 11.6 Å². The van der Waals surface area contributed by atoms with Gasteiger partial charge in [-0.2, -0.15) is 0 Å². The number of nitrogens with zero attached hydrogens (tertiary/aromatic N) is 7. The summed E-state index contributed by atoms with van der Waals surface area (Å²) in [6, 6.07) is 8.25. The highest BCUT2D eigenvalue weighted by molar-refractivity contribution is 6.10. The maximum Gasteiger partial charge on any atom is 0.260 e. The molecule has 1 fully saturated rings. The van der Waals surface area contributed by atoms with Crippen molar-refractivity contribution in [2.24, 2.45) is 5.73 Å². The van der Waals surface area contributed by atoms with Crippen molar-refractivity contribution in [3.05, 3.63) is 46.9 Å². The summed E-state index contributed by atoms with van der Waals surface area (Å²) in [5.41, 5.74) is 9.46. The van der Waals surface area contributed by atoms with Crippen LogP contribution in [0, 0.1) is 0 Å². The van der Waals surface area contributed by atoms with Gasteiger partial charge in [0.25, 0.3) is 5.91 Å². The van der Waals surface area contributed by atoms with Gasteiger partial charge in [0.1, 0.15) is 23.2 Å². The molecule has 3 atom stereocenters. The zero-order valence-corrected chi connectivity index (χ0v) is 20.6. The van der Waals surface area contributed by atoms with E-state index in [2.05, 4.69) is 33.5 Å². The number of amides is 1. The van der Waals surface area contributed by atoms with Gasteiger partial charge in [0.05, 0.1) is 17.8 Å². The molecule has 0 unspecified atom stereocenters. The standard InChI is InChI=1S/C26H32N8O/c1-4-17-10-11-22-30-31-25(34(17)22)20-8-5-9-21(28-20)33-14-19-18(26(33)35)13-23(29-24(19)16(3)27)32-12-6-7-15(32)2/h5,8-9,13,15-17H,4,6-7,10-12,14,27H2,1-3H3/t15-,16+,17-/m1/s1. The Morgan fingerprint density at radius 2 is 2.03 bits per heavy atom. The Bertz CT molecular complexity index is 1300. The predicted octanol–water partition coefficient (Wildman–Crippen LogP) is 3.80. The molecule has 2 N–H and O–H groups in total. The van der Waals surface area contributed by atoms with E-state index in [1.807, 2.05) is 31.2 Å². The second kappa shape index (κ2) is 8.41. The first-order valence-corrected chi connectivity index (χ1v) is 12.7. The van der Waals surface area contributed by atoms with E-state index in [0.717, 1.165) is 73.1 Å². The van der Waals surface area contributed by atoms with Crippen molar-refractivity contribution in [3.63, 3.8) is 0 Å². The number of aromatic nitrogens is 5. The van der Waals surface area contributed by atoms with Crippen LogP contribution in [0.15, 0.2) is 24.3 Å². The van der Waals surface area contributed by atoms with Gasteiger partial charge in [-0.1, -0.05) is 13.0 Å². The van der Waals surface area contributed by atoms with E-state index in [-0.39, 0.29) is 11.9 Å². The fourth-order valence-electron chi connectivity index (χ4n) is 5.85. The van der Waals surface area contributed by atoms with Crippen LogP contribution < -0.4 is 15.5 Å². The first kappa shape index (κ1) is 22.2. The van der Waals surface area contributed by atoms with E-state index < -0.39 is 0 Å². The molecule has 3 aromatic heterocycles. The van der Waals surface area contributed by atoms with Crippen LogP contribution in [-0.4, -0.2) is 43.2 Å². The van der Waals surface area contributed by atoms with Gasteiger partial charge in [-0.15, -0.1) is 10.2 Å². The molecule has 1 saturated heterocycles. The molecule has 9 heteroatoms. The van der Waals surface area contributed by atoms with Crippen LogP contribution in [0.1, 0.15) is 86.0 Å². The lowest BCUT2D eigenvalue weighted by Crippen LogP contribution is -2.28. The fourth-order valence-corrected chi connectivity index (χ4v) is 5.85. The van der Waals surface area contributed by atoms with Crippen molar-refractivity contribution in [2.75, 3.05) is 16.3 Å². The number of carbonyl (C=O) groups is 1. The number of hydrogen-bond donors (Lipinski definition) is 1. The third kappa shape index (κ3) is 3.52. The van der Waals surface area contributed by atoms with Gasteiger partial charge in [-0.25, -0.2) is 9.97 Å². The second-order valence-electron chi connectivity index (χ2n) is 10.0. The Kier molecular flexibility index (Phi) is 5.32. The first-order valence-electron chi connectivity index (χ1n) is 12.7. The molecule has 6 rings (SSSR count). The summed E-state index contributed by atoms with van der Waals surface area (Å²) < 4.78 is 2.22. The summed E-state index contributed by atoms with van der Waals surface area (Å²) in [6.45, 7) is 7.70. The van der Waals surface area contributed by atoms with E-state index in [0.29, 0.717) is 30.0 Å². The third-order valence-electron chi connectivity index (χ3n) is 7.76. The molecule has 1 amide bonds. The number of nitrogens with two attached hydrogens (primary N) is 1. The van der Waals surface area contributed by atoms with Crippen molar-refractivity contribution in [1.82, 2.24) is 24.7 Å². The minimum absolute atomic E-state index is 0.0556. The number of anilines is 2. The molecular weight excluding hydrogens is 440 g/mol. The summed E-state index contributed by atoms with van der Waals surface area (Å²) in [7, 11) is 0. The largest absolute Gasteiger partial charge is 0.354 e. The van der Waals surface area contributed by atoms with Crippen molar-refractivity contribution in [2.45, 2.75) is 77.5 Å². The molecule has 9 nitrogen and oxygen atoms in total. The molecular formula is C26H32N8O. The lowest BCUT2D eigenvalue weighted by atomic mass is 10.0. The molecule has 6 heterocycles. The molecule has 0 aromatic carbocycles. The normalized spacial score (nSPS) is 22.1. The van der Waals surface area contributed by atoms with Crippen molar-refractivity contribution in [3.8, 4) is 11.5 Å². The molecule has 3 aliphatic heterocycles. The molecule has 0 spiro atoms. The average molecular weight is 473 g/mol. The van der Waals surface area contributed by atoms with Gasteiger partial charge in [-0.3, -0.25) is 9.69 Å². The minimum atomic E-state index is -0.266. The zero-order valence-electron chi connectivity index (χ0n) is 20.6. The number of fused-ring (bicyclic) bond motifs is 2. The van der Waals surface area contributed by atoms with E-state index in [9.17, 15) is 4.79 Å². The maximum absolute atomic E-state index is 13.7. The van der Waals surface area contributed by atoms with E-state index in [1.54, 1.807) is 4.90 Å². The van der Waals surface area contributed by atoms with Crippen LogP contribution in [-0.2, 0) is 13.0 Å². The van der Waals surface area contributed by atoms with Gasteiger partial charge in [0, 0.05) is 36.7 Å². The Morgan fingerprint density at radius 3 is 2.77 bits per heavy atom. The molecule has 182 valence electrons. The summed E-state index contributed by atoms with van der Waals surface area (Å²) in [4.78, 5) is 27.5. The second-order valence-corrected chi connectivity index (χ2v) is 10.0. The van der Waals surface area contributed by atoms with Crippen molar-refractivity contribution in [1.29, 1.82) is 0 Å². The quantitative estimate of drug-likeness (QED) is 0.602. The van der Waals surface area contributed by atoms with Crippen LogP contribution >= 0.6 is 0 Å². The summed E-state index contributed by atoms with van der Waals surface area (Å²) in [6.07, 6.45) is 5.32. The predicted molar refractivity (Wildman–Crippen MR) is 134 cm³/mol. The Labute approximate surface area is 205 Å². The fraction of sp³-hybridized carbons (Fsp3) is 0.500. The summed E-state index contributed by atoms with van der Waals surface area (Å²) >= 11 is 0. The number of hydrogen-bond acceptors (Lipinski definition) is 7. The molecule has 0 saturated carbocycles. The van der Waals surface area contributed by atoms with Crippen LogP contribution in [0.5, 0.6) is 0 Å². The molecule has 0 aliphatic carbocycles. The number of pyridine rings is 2. The molecule has 35 heavy (non-hydrogen) atoms. The molecule has 3 aromatic rings. The van der Waals surface area contributed by atoms with Gasteiger partial charge >= 0.3 is 0 Å². The summed E-state index contributed by atoms with van der Waals surface area (Å²) in [5.74, 6) is 3.19. The average Bonchev–Trinajstić information content (AvgIpc) is 3.63. The van der Waals surface area contributed by atoms with Crippen LogP contribution in [0.3, 0.4) is 0 Å². The van der Waals surface area contributed by atoms with E-state index >= 15 is 0 Å². The maximum atomic E-state index is 13.7. The van der Waals surface area contributed by atoms with Crippen molar-refractivity contribution < 1.29 is 4.79 Å². The van der Waals surface area contributed by atoms with E-state index in [1.165, 1.54) is 0 Å². The molecule has 3 aliphatic rings. The number of rotatable bonds is 5. The Morgan fingerprint density at radius 1 is 1.17 bits per heavy atom. The lowest BCUT2D eigenvalue weighted by molar-refractivity contribution is 0.0996. The monoisotopic (exact) mass is 472 g/mol. The SMILES string of the molecule is CC[C@@H]1CCc2nnc(-c3cccc(N4Cc5c(cc(N6CCC[C@H]6C)nc5[C@H](C)N)C4=O)n3)n21. The van der Waals surface area contributed by atoms with Gasteiger partial charge in [0.15, 0.2) is 5.82 Å². The van der Waals surface area contributed by atoms with Gasteiger partial charge in [0.2, 0.25) is 0 Å². The topological polar surface area (TPSA) is 106 Å². The molecule has 0 bridgehead atoms. The minimum Gasteiger partial charge on any atom is -0.354 e. The van der Waals surface area contributed by atoms with E-state index in [4.69, 9.17) is 15.7 Å². The van der Waals surface area contributed by atoms with Crippen molar-refractivity contribution >= 4 is 17.5 Å². The lowest BCUT2D eigenvalue weighted by Gasteiger charge is -2.24. The highest BCUT2D eigenvalue weighted by atomic mass is 16.2. The zero-order chi connectivity index (χ0) is 24.3. The highest BCUT2D eigenvalue weighted by Crippen LogP contribution is 2.36. The highest BCUT2D eigenvalue weighted by Gasteiger charge is 2.35. The molecule has 0 radical (unpaired) electrons. The van der Waals surface area contributed by atoms with Gasteiger partial charge in [-0.05, 0) is 57.7 Å². The Balaban J connectivity index is 1.37. The Hall–Kier alpha value is -3.33. The number of carbonyl (C=O) groups excluding carboxylic acids is 1. The summed E-state index contributed by atoms with van der Waals surface area (Å²) in [5, 5.41) is 8.84. The van der Waals surface area contributed by atoms with Gasteiger partial charge < -0.3 is 15.2 Å².